The van der Waals surface area contributed by atoms with E-state index in [1.54, 1.807) is 24.3 Å². The van der Waals surface area contributed by atoms with Crippen LogP contribution in [0.5, 0.6) is 0 Å². The molecule has 1 nitrogen and oxygen atoms in total. The smallest absolute Gasteiger partial charge is 0.123 e. The molecule has 0 saturated carbocycles. The van der Waals surface area contributed by atoms with Crippen molar-refractivity contribution in [3.8, 4) is 6.07 Å². The fourth-order valence-electron chi connectivity index (χ4n) is 1.50. The third-order valence-corrected chi connectivity index (χ3v) is 3.69. The van der Waals surface area contributed by atoms with Gasteiger partial charge in [-0.1, -0.05) is 23.4 Å². The molecule has 0 aliphatic rings. The predicted molar refractivity (Wildman–Crippen MR) is 71.3 cm³/mol. The summed E-state index contributed by atoms with van der Waals surface area (Å²) in [6, 6.07) is 13.8. The van der Waals surface area contributed by atoms with Crippen LogP contribution in [0.25, 0.3) is 0 Å². The van der Waals surface area contributed by atoms with Crippen molar-refractivity contribution in [1.29, 1.82) is 5.26 Å². The zero-order valence-corrected chi connectivity index (χ0v) is 10.9. The molecule has 2 rings (SSSR count). The zero-order chi connectivity index (χ0) is 13.0. The van der Waals surface area contributed by atoms with Gasteiger partial charge in [-0.25, -0.2) is 4.39 Å². The Hall–Kier alpha value is -1.50. The third kappa shape index (κ3) is 3.25. The molecule has 4 heteroatoms. The third-order valence-electron chi connectivity index (χ3n) is 2.33. The van der Waals surface area contributed by atoms with E-state index in [-0.39, 0.29) is 5.82 Å². The summed E-state index contributed by atoms with van der Waals surface area (Å²) in [4.78, 5) is 1.89. The van der Waals surface area contributed by atoms with Gasteiger partial charge in [0.25, 0.3) is 0 Å². The van der Waals surface area contributed by atoms with Crippen molar-refractivity contribution in [3.05, 3.63) is 58.9 Å². The van der Waals surface area contributed by atoms with Crippen LogP contribution < -0.4 is 0 Å². The predicted octanol–water partition coefficient (Wildman–Crippen LogP) is 4.70. The molecule has 0 saturated heterocycles. The van der Waals surface area contributed by atoms with Gasteiger partial charge in [0.1, 0.15) is 5.82 Å². The normalized spacial score (nSPS) is 10.1. The molecule has 0 spiro atoms. The van der Waals surface area contributed by atoms with Crippen molar-refractivity contribution in [2.75, 3.05) is 0 Å². The Bertz CT molecular complexity index is 590. The van der Waals surface area contributed by atoms with Gasteiger partial charge in [-0.05, 0) is 48.0 Å². The largest absolute Gasteiger partial charge is 0.207 e. The van der Waals surface area contributed by atoms with Crippen LogP contribution in [-0.4, -0.2) is 0 Å². The number of benzene rings is 2. The molecule has 18 heavy (non-hydrogen) atoms. The molecule has 0 atom stereocenters. The van der Waals surface area contributed by atoms with Crippen LogP contribution >= 0.6 is 23.4 Å². The lowest BCUT2D eigenvalue weighted by atomic mass is 10.2. The van der Waals surface area contributed by atoms with Gasteiger partial charge < -0.3 is 0 Å². The van der Waals surface area contributed by atoms with Gasteiger partial charge in [-0.2, -0.15) is 5.26 Å². The molecule has 0 aliphatic carbocycles. The van der Waals surface area contributed by atoms with Crippen molar-refractivity contribution >= 4 is 23.4 Å². The lowest BCUT2D eigenvalue weighted by molar-refractivity contribution is 0.626. The lowest BCUT2D eigenvalue weighted by Crippen LogP contribution is -1.86. The van der Waals surface area contributed by atoms with E-state index in [2.05, 4.69) is 6.07 Å². The van der Waals surface area contributed by atoms with Crippen molar-refractivity contribution in [1.82, 2.24) is 0 Å². The van der Waals surface area contributed by atoms with Crippen LogP contribution in [-0.2, 0) is 6.42 Å². The maximum absolute atomic E-state index is 12.8. The Balaban J connectivity index is 2.28. The van der Waals surface area contributed by atoms with E-state index in [1.807, 2.05) is 6.07 Å². The minimum Gasteiger partial charge on any atom is -0.207 e. The molecular weight excluding hydrogens is 269 g/mol. The van der Waals surface area contributed by atoms with Crippen LogP contribution in [0.1, 0.15) is 5.56 Å². The first kappa shape index (κ1) is 12.9. The van der Waals surface area contributed by atoms with Crippen molar-refractivity contribution in [3.63, 3.8) is 0 Å². The van der Waals surface area contributed by atoms with Gasteiger partial charge in [0.05, 0.1) is 12.5 Å². The van der Waals surface area contributed by atoms with E-state index in [1.165, 1.54) is 23.9 Å². The molecule has 0 amide bonds. The van der Waals surface area contributed by atoms with Crippen LogP contribution in [0.3, 0.4) is 0 Å². The highest BCUT2D eigenvalue weighted by molar-refractivity contribution is 7.99. The molecule has 2 aromatic rings. The van der Waals surface area contributed by atoms with Gasteiger partial charge in [-0.3, -0.25) is 0 Å². The van der Waals surface area contributed by atoms with Crippen molar-refractivity contribution < 1.29 is 4.39 Å². The van der Waals surface area contributed by atoms with E-state index in [0.29, 0.717) is 11.4 Å². The molecule has 0 bridgehead atoms. The standard InChI is InChI=1S/C14H9ClFNS/c15-11-1-6-14(10(9-11)7-8-17)18-13-4-2-12(16)3-5-13/h1-6,9H,7H2. The van der Waals surface area contributed by atoms with Crippen molar-refractivity contribution in [2.45, 2.75) is 16.2 Å². The highest BCUT2D eigenvalue weighted by Gasteiger charge is 2.05. The summed E-state index contributed by atoms with van der Waals surface area (Å²) in [6.45, 7) is 0. The number of hydrogen-bond donors (Lipinski definition) is 0. The van der Waals surface area contributed by atoms with E-state index in [9.17, 15) is 4.39 Å². The van der Waals surface area contributed by atoms with Gasteiger partial charge in [0, 0.05) is 14.8 Å². The number of nitrogens with zero attached hydrogens (tertiary/aromatic N) is 1. The molecule has 90 valence electrons. The summed E-state index contributed by atoms with van der Waals surface area (Å²) in [5.74, 6) is -0.257. The molecule has 0 unspecified atom stereocenters. The lowest BCUT2D eigenvalue weighted by Gasteiger charge is -2.07. The average molecular weight is 278 g/mol. The molecule has 0 N–H and O–H groups in total. The molecule has 0 heterocycles. The van der Waals surface area contributed by atoms with Crippen LogP contribution in [0.15, 0.2) is 52.3 Å². The maximum atomic E-state index is 12.8. The molecule has 0 fully saturated rings. The summed E-state index contributed by atoms with van der Waals surface area (Å²) in [5, 5.41) is 9.40. The van der Waals surface area contributed by atoms with Crippen LogP contribution in [0.4, 0.5) is 4.39 Å². The second-order valence-corrected chi connectivity index (χ2v) is 5.19. The first-order valence-corrected chi connectivity index (χ1v) is 6.47. The van der Waals surface area contributed by atoms with Gasteiger partial charge in [0.15, 0.2) is 0 Å². The quantitative estimate of drug-likeness (QED) is 0.812. The minimum absolute atomic E-state index is 0.257. The second-order valence-electron chi connectivity index (χ2n) is 3.64. The number of rotatable bonds is 3. The average Bonchev–Trinajstić information content (AvgIpc) is 2.36. The van der Waals surface area contributed by atoms with E-state index < -0.39 is 0 Å². The summed E-state index contributed by atoms with van der Waals surface area (Å²) in [6.07, 6.45) is 0.310. The van der Waals surface area contributed by atoms with Gasteiger partial charge in [0.2, 0.25) is 0 Å². The Morgan fingerprint density at radius 1 is 1.17 bits per heavy atom. The first-order valence-electron chi connectivity index (χ1n) is 5.28. The molecule has 0 aliphatic heterocycles. The Morgan fingerprint density at radius 2 is 1.89 bits per heavy atom. The summed E-state index contributed by atoms with van der Waals surface area (Å²) >= 11 is 7.40. The molecule has 0 aromatic heterocycles. The summed E-state index contributed by atoms with van der Waals surface area (Å²) < 4.78 is 12.8. The molecule has 2 aromatic carbocycles. The summed E-state index contributed by atoms with van der Waals surface area (Å²) in [7, 11) is 0. The first-order chi connectivity index (χ1) is 8.69. The zero-order valence-electron chi connectivity index (χ0n) is 9.36. The van der Waals surface area contributed by atoms with Gasteiger partial charge in [-0.15, -0.1) is 0 Å². The SMILES string of the molecule is N#CCc1cc(Cl)ccc1Sc1ccc(F)cc1. The van der Waals surface area contributed by atoms with Gasteiger partial charge >= 0.3 is 0 Å². The number of halogens is 2. The van der Waals surface area contributed by atoms with E-state index in [4.69, 9.17) is 16.9 Å². The topological polar surface area (TPSA) is 23.8 Å². The monoisotopic (exact) mass is 277 g/mol. The minimum atomic E-state index is -0.257. The number of nitriles is 1. The summed E-state index contributed by atoms with van der Waals surface area (Å²) in [5.41, 5.74) is 0.888. The van der Waals surface area contributed by atoms with Crippen LogP contribution in [0.2, 0.25) is 5.02 Å². The second kappa shape index (κ2) is 5.90. The fraction of sp³-hybridized carbons (Fsp3) is 0.0714. The van der Waals surface area contributed by atoms with Crippen molar-refractivity contribution in [2.24, 2.45) is 0 Å². The van der Waals surface area contributed by atoms with E-state index >= 15 is 0 Å². The Labute approximate surface area is 114 Å². The highest BCUT2D eigenvalue weighted by atomic mass is 35.5. The Morgan fingerprint density at radius 3 is 2.56 bits per heavy atom. The molecular formula is C14H9ClFNS. The van der Waals surface area contributed by atoms with Crippen LogP contribution in [0, 0.1) is 17.1 Å². The fourth-order valence-corrected chi connectivity index (χ4v) is 2.62. The molecule has 0 radical (unpaired) electrons. The Kier molecular flexibility index (Phi) is 4.24. The highest BCUT2D eigenvalue weighted by Crippen LogP contribution is 2.32. The van der Waals surface area contributed by atoms with E-state index in [0.717, 1.165) is 15.4 Å². The number of hydrogen-bond acceptors (Lipinski definition) is 2. The maximum Gasteiger partial charge on any atom is 0.123 e.